The molecule has 2 rings (SSSR count). The molecule has 0 radical (unpaired) electrons. The lowest BCUT2D eigenvalue weighted by Crippen LogP contribution is -2.47. The van der Waals surface area contributed by atoms with Gasteiger partial charge in [-0.05, 0) is 30.2 Å². The first kappa shape index (κ1) is 21.6. The molecule has 2 aromatic rings. The van der Waals surface area contributed by atoms with Crippen LogP contribution in [0.25, 0.3) is 0 Å². The third kappa shape index (κ3) is 6.45. The summed E-state index contributed by atoms with van der Waals surface area (Å²) in [5.74, 6) is 0.638. The van der Waals surface area contributed by atoms with Crippen molar-refractivity contribution in [2.75, 3.05) is 12.8 Å². The smallest absolute Gasteiger partial charge is 0.242 e. The lowest BCUT2D eigenvalue weighted by atomic mass is 10.1. The Morgan fingerprint density at radius 1 is 1.07 bits per heavy atom. The van der Waals surface area contributed by atoms with Crippen LogP contribution >= 0.6 is 35.0 Å². The molecule has 0 aliphatic rings. The highest BCUT2D eigenvalue weighted by atomic mass is 35.5. The van der Waals surface area contributed by atoms with Gasteiger partial charge in [-0.1, -0.05) is 59.6 Å². The maximum atomic E-state index is 12.8. The van der Waals surface area contributed by atoms with Crippen LogP contribution < -0.4 is 5.32 Å². The number of carbonyl (C=O) groups excluding carboxylic acids is 2. The zero-order valence-electron chi connectivity index (χ0n) is 15.2. The Bertz CT molecular complexity index is 787. The summed E-state index contributed by atoms with van der Waals surface area (Å²) in [5, 5.41) is 3.62. The zero-order chi connectivity index (χ0) is 19.8. The first-order chi connectivity index (χ1) is 12.9. The summed E-state index contributed by atoms with van der Waals surface area (Å²) < 4.78 is 0. The predicted octanol–water partition coefficient (Wildman–Crippen LogP) is 4.39. The molecule has 0 heterocycles. The molecule has 1 atom stereocenters. The van der Waals surface area contributed by atoms with Crippen molar-refractivity contribution in [2.45, 2.75) is 25.3 Å². The van der Waals surface area contributed by atoms with E-state index in [2.05, 4.69) is 5.32 Å². The molecule has 0 saturated carbocycles. The second kappa shape index (κ2) is 10.6. The maximum Gasteiger partial charge on any atom is 0.242 e. The van der Waals surface area contributed by atoms with E-state index < -0.39 is 6.04 Å². The SMILES string of the molecule is CNC(=O)[C@@H](C)N(Cc1ccccc1)C(=O)CSCc1ccc(Cl)c(Cl)c1. The summed E-state index contributed by atoms with van der Waals surface area (Å²) in [4.78, 5) is 26.5. The second-order valence-electron chi connectivity index (χ2n) is 6.04. The van der Waals surface area contributed by atoms with Crippen molar-refractivity contribution in [3.8, 4) is 0 Å². The van der Waals surface area contributed by atoms with Crippen LogP contribution in [0.1, 0.15) is 18.1 Å². The van der Waals surface area contributed by atoms with E-state index in [9.17, 15) is 9.59 Å². The predicted molar refractivity (Wildman–Crippen MR) is 113 cm³/mol. The molecule has 144 valence electrons. The van der Waals surface area contributed by atoms with Crippen molar-refractivity contribution < 1.29 is 9.59 Å². The highest BCUT2D eigenvalue weighted by Gasteiger charge is 2.25. The van der Waals surface area contributed by atoms with Gasteiger partial charge in [0.15, 0.2) is 0 Å². The van der Waals surface area contributed by atoms with Gasteiger partial charge in [-0.2, -0.15) is 0 Å². The molecule has 27 heavy (non-hydrogen) atoms. The Labute approximate surface area is 174 Å². The van der Waals surface area contributed by atoms with Crippen molar-refractivity contribution in [2.24, 2.45) is 0 Å². The monoisotopic (exact) mass is 424 g/mol. The van der Waals surface area contributed by atoms with E-state index in [-0.39, 0.29) is 17.6 Å². The molecule has 0 aliphatic carbocycles. The van der Waals surface area contributed by atoms with Gasteiger partial charge in [-0.15, -0.1) is 11.8 Å². The van der Waals surface area contributed by atoms with Crippen LogP contribution in [-0.2, 0) is 21.9 Å². The third-order valence-electron chi connectivity index (χ3n) is 4.09. The van der Waals surface area contributed by atoms with Crippen molar-refractivity contribution in [3.05, 3.63) is 69.7 Å². The zero-order valence-corrected chi connectivity index (χ0v) is 17.6. The van der Waals surface area contributed by atoms with Gasteiger partial charge in [0.05, 0.1) is 15.8 Å². The highest BCUT2D eigenvalue weighted by Crippen LogP contribution is 2.25. The maximum absolute atomic E-state index is 12.8. The topological polar surface area (TPSA) is 49.4 Å². The molecule has 0 aromatic heterocycles. The largest absolute Gasteiger partial charge is 0.357 e. The molecule has 4 nitrogen and oxygen atoms in total. The first-order valence-electron chi connectivity index (χ1n) is 8.49. The van der Waals surface area contributed by atoms with Crippen LogP contribution in [-0.4, -0.2) is 35.6 Å². The number of halogens is 2. The van der Waals surface area contributed by atoms with Gasteiger partial charge in [0.25, 0.3) is 0 Å². The van der Waals surface area contributed by atoms with Gasteiger partial charge in [0, 0.05) is 19.3 Å². The minimum Gasteiger partial charge on any atom is -0.357 e. The normalized spacial score (nSPS) is 11.7. The van der Waals surface area contributed by atoms with Crippen molar-refractivity contribution in [1.29, 1.82) is 0 Å². The number of amides is 2. The van der Waals surface area contributed by atoms with Gasteiger partial charge in [0.2, 0.25) is 11.8 Å². The molecule has 0 saturated heterocycles. The summed E-state index contributed by atoms with van der Waals surface area (Å²) in [6.07, 6.45) is 0. The molecule has 1 N–H and O–H groups in total. The van der Waals surface area contributed by atoms with Gasteiger partial charge >= 0.3 is 0 Å². The molecule has 0 aliphatic heterocycles. The lowest BCUT2D eigenvalue weighted by Gasteiger charge is -2.28. The fourth-order valence-electron chi connectivity index (χ4n) is 2.54. The van der Waals surface area contributed by atoms with E-state index in [1.807, 2.05) is 36.4 Å². The Morgan fingerprint density at radius 3 is 2.41 bits per heavy atom. The average Bonchev–Trinajstić information content (AvgIpc) is 2.68. The van der Waals surface area contributed by atoms with E-state index in [1.165, 1.54) is 11.8 Å². The summed E-state index contributed by atoms with van der Waals surface area (Å²) >= 11 is 13.4. The molecule has 0 spiro atoms. The quantitative estimate of drug-likeness (QED) is 0.683. The number of thioether (sulfide) groups is 1. The summed E-state index contributed by atoms with van der Waals surface area (Å²) in [5.41, 5.74) is 1.98. The van der Waals surface area contributed by atoms with E-state index in [1.54, 1.807) is 31.0 Å². The molecule has 0 fully saturated rings. The number of carbonyl (C=O) groups is 2. The van der Waals surface area contributed by atoms with Gasteiger partial charge < -0.3 is 10.2 Å². The number of benzene rings is 2. The second-order valence-corrected chi connectivity index (χ2v) is 7.84. The average molecular weight is 425 g/mol. The molecule has 2 amide bonds. The van der Waals surface area contributed by atoms with E-state index in [4.69, 9.17) is 23.2 Å². The van der Waals surface area contributed by atoms with Crippen molar-refractivity contribution in [3.63, 3.8) is 0 Å². The minimum atomic E-state index is -0.548. The van der Waals surface area contributed by atoms with Crippen LogP contribution in [0.3, 0.4) is 0 Å². The van der Waals surface area contributed by atoms with Gasteiger partial charge in [-0.25, -0.2) is 0 Å². The number of rotatable bonds is 8. The molecule has 0 unspecified atom stereocenters. The van der Waals surface area contributed by atoms with E-state index >= 15 is 0 Å². The molecule has 0 bridgehead atoms. The fourth-order valence-corrected chi connectivity index (χ4v) is 3.72. The number of likely N-dealkylation sites (N-methyl/N-ethyl adjacent to an activating group) is 1. The van der Waals surface area contributed by atoms with Crippen LogP contribution in [0.4, 0.5) is 0 Å². The van der Waals surface area contributed by atoms with Crippen molar-refractivity contribution >= 4 is 46.8 Å². The van der Waals surface area contributed by atoms with Gasteiger partial charge in [0.1, 0.15) is 6.04 Å². The Kier molecular flexibility index (Phi) is 8.48. The number of nitrogens with zero attached hydrogens (tertiary/aromatic N) is 1. The van der Waals surface area contributed by atoms with Gasteiger partial charge in [-0.3, -0.25) is 9.59 Å². The summed E-state index contributed by atoms with van der Waals surface area (Å²) in [6.45, 7) is 2.13. The number of nitrogens with one attached hydrogen (secondary N) is 1. The number of hydrogen-bond acceptors (Lipinski definition) is 3. The Balaban J connectivity index is 2.01. The first-order valence-corrected chi connectivity index (χ1v) is 10.4. The fraction of sp³-hybridized carbons (Fsp3) is 0.300. The van der Waals surface area contributed by atoms with Crippen LogP contribution in [0.5, 0.6) is 0 Å². The standard InChI is InChI=1S/C20H22Cl2N2O2S/c1-14(20(26)23-2)24(11-15-6-4-3-5-7-15)19(25)13-27-12-16-8-9-17(21)18(22)10-16/h3-10,14H,11-13H2,1-2H3,(H,23,26)/t14-/m1/s1. The lowest BCUT2D eigenvalue weighted by molar-refractivity contribution is -0.138. The minimum absolute atomic E-state index is 0.0833. The summed E-state index contributed by atoms with van der Waals surface area (Å²) in [7, 11) is 1.57. The Morgan fingerprint density at radius 2 is 1.78 bits per heavy atom. The van der Waals surface area contributed by atoms with E-state index in [0.29, 0.717) is 22.3 Å². The Hall–Kier alpha value is -1.69. The summed E-state index contributed by atoms with van der Waals surface area (Å²) in [6, 6.07) is 14.5. The van der Waals surface area contributed by atoms with E-state index in [0.717, 1.165) is 11.1 Å². The number of hydrogen-bond donors (Lipinski definition) is 1. The van der Waals surface area contributed by atoms with Crippen LogP contribution in [0, 0.1) is 0 Å². The van der Waals surface area contributed by atoms with Crippen molar-refractivity contribution in [1.82, 2.24) is 10.2 Å². The highest BCUT2D eigenvalue weighted by molar-refractivity contribution is 7.99. The third-order valence-corrected chi connectivity index (χ3v) is 5.82. The molecule has 7 heteroatoms. The van der Waals surface area contributed by atoms with Crippen LogP contribution in [0.15, 0.2) is 48.5 Å². The molecule has 2 aromatic carbocycles. The van der Waals surface area contributed by atoms with Crippen LogP contribution in [0.2, 0.25) is 10.0 Å². The molecular formula is C20H22Cl2N2O2S. The molecular weight excluding hydrogens is 403 g/mol.